The number of aliphatic imine (C=N–C) groups is 1. The summed E-state index contributed by atoms with van der Waals surface area (Å²) in [6.07, 6.45) is 3.48. The highest BCUT2D eigenvalue weighted by atomic mass is 16.5. The van der Waals surface area contributed by atoms with E-state index in [0.29, 0.717) is 12.1 Å². The van der Waals surface area contributed by atoms with Crippen molar-refractivity contribution in [3.05, 3.63) is 35.4 Å². The van der Waals surface area contributed by atoms with Gasteiger partial charge < -0.3 is 20.3 Å². The Morgan fingerprint density at radius 2 is 2.12 bits per heavy atom. The van der Waals surface area contributed by atoms with Crippen LogP contribution >= 0.6 is 0 Å². The van der Waals surface area contributed by atoms with E-state index in [-0.39, 0.29) is 5.91 Å². The molecule has 1 fully saturated rings. The van der Waals surface area contributed by atoms with Gasteiger partial charge in [-0.1, -0.05) is 12.1 Å². The van der Waals surface area contributed by atoms with Crippen molar-refractivity contribution in [2.45, 2.75) is 32.7 Å². The lowest BCUT2D eigenvalue weighted by Crippen LogP contribution is -2.40. The van der Waals surface area contributed by atoms with Crippen molar-refractivity contribution < 1.29 is 9.53 Å². The Morgan fingerprint density at radius 1 is 1.35 bits per heavy atom. The molecule has 2 rings (SSSR count). The quantitative estimate of drug-likeness (QED) is 0.578. The molecule has 0 atom stereocenters. The van der Waals surface area contributed by atoms with Crippen LogP contribution in [-0.2, 0) is 11.3 Å². The lowest BCUT2D eigenvalue weighted by atomic mass is 9.96. The third kappa shape index (κ3) is 6.33. The maximum atomic E-state index is 11.8. The first-order valence-electron chi connectivity index (χ1n) is 9.52. The summed E-state index contributed by atoms with van der Waals surface area (Å²) in [5, 5.41) is 6.02. The zero-order valence-corrected chi connectivity index (χ0v) is 16.3. The number of hydrogen-bond donors (Lipinski definition) is 2. The second kappa shape index (κ2) is 10.8. The fourth-order valence-electron chi connectivity index (χ4n) is 3.11. The van der Waals surface area contributed by atoms with Crippen LogP contribution in [0.15, 0.2) is 29.3 Å². The van der Waals surface area contributed by atoms with Gasteiger partial charge in [-0.05, 0) is 49.8 Å². The number of amides is 1. The Morgan fingerprint density at radius 3 is 2.81 bits per heavy atom. The van der Waals surface area contributed by atoms with E-state index in [2.05, 4.69) is 29.5 Å². The van der Waals surface area contributed by atoms with E-state index >= 15 is 0 Å². The number of benzene rings is 1. The number of carbonyl (C=O) groups excluding carboxylic acids is 1. The topological polar surface area (TPSA) is 66.0 Å². The van der Waals surface area contributed by atoms with Crippen molar-refractivity contribution in [2.24, 2.45) is 10.9 Å². The molecule has 1 aromatic carbocycles. The summed E-state index contributed by atoms with van der Waals surface area (Å²) in [5.41, 5.74) is 1.69. The zero-order valence-electron chi connectivity index (χ0n) is 16.3. The molecule has 144 valence electrons. The van der Waals surface area contributed by atoms with Crippen molar-refractivity contribution >= 4 is 11.9 Å². The van der Waals surface area contributed by atoms with Gasteiger partial charge in [0.05, 0.1) is 6.54 Å². The molecule has 0 spiro atoms. The van der Waals surface area contributed by atoms with Gasteiger partial charge in [-0.15, -0.1) is 0 Å². The number of ether oxygens (including phenoxy) is 1. The van der Waals surface area contributed by atoms with Crippen LogP contribution in [0.3, 0.4) is 0 Å². The van der Waals surface area contributed by atoms with E-state index in [1.54, 1.807) is 7.05 Å². The molecule has 0 saturated carbocycles. The van der Waals surface area contributed by atoms with Crippen molar-refractivity contribution in [3.63, 3.8) is 0 Å². The molecular formula is C20H32N4O2. The molecule has 1 saturated heterocycles. The lowest BCUT2D eigenvalue weighted by Gasteiger charge is -2.26. The van der Waals surface area contributed by atoms with E-state index in [4.69, 9.17) is 9.73 Å². The molecule has 1 aliphatic rings. The van der Waals surface area contributed by atoms with E-state index in [9.17, 15) is 4.79 Å². The first-order chi connectivity index (χ1) is 12.6. The van der Waals surface area contributed by atoms with Gasteiger partial charge in [0, 0.05) is 46.0 Å². The van der Waals surface area contributed by atoms with Crippen LogP contribution in [0, 0.1) is 5.92 Å². The number of nitrogens with zero attached hydrogens (tertiary/aromatic N) is 2. The van der Waals surface area contributed by atoms with Crippen LogP contribution in [0.1, 0.15) is 42.1 Å². The predicted molar refractivity (Wildman–Crippen MR) is 105 cm³/mol. The van der Waals surface area contributed by atoms with Gasteiger partial charge in [0.2, 0.25) is 0 Å². The summed E-state index contributed by atoms with van der Waals surface area (Å²) in [7, 11) is 3.73. The standard InChI is InChI=1S/C20H32N4O2/c1-4-22-20(24(3)11-8-16-9-12-26-13-10-16)23-15-17-6-5-7-18(14-17)19(25)21-2/h5-7,14,16H,4,8-13,15H2,1-3H3,(H,21,25)(H,22,23). The second-order valence-corrected chi connectivity index (χ2v) is 6.72. The molecule has 0 radical (unpaired) electrons. The molecular weight excluding hydrogens is 328 g/mol. The number of nitrogens with one attached hydrogen (secondary N) is 2. The van der Waals surface area contributed by atoms with Gasteiger partial charge >= 0.3 is 0 Å². The highest BCUT2D eigenvalue weighted by Crippen LogP contribution is 2.18. The van der Waals surface area contributed by atoms with Crippen LogP contribution in [-0.4, -0.2) is 57.2 Å². The molecule has 2 N–H and O–H groups in total. The average molecular weight is 361 g/mol. The van der Waals surface area contributed by atoms with Gasteiger partial charge in [0.1, 0.15) is 0 Å². The Kier molecular flexibility index (Phi) is 8.41. The normalized spacial score (nSPS) is 15.6. The van der Waals surface area contributed by atoms with Crippen molar-refractivity contribution in [1.29, 1.82) is 0 Å². The van der Waals surface area contributed by atoms with Gasteiger partial charge in [-0.25, -0.2) is 4.99 Å². The van der Waals surface area contributed by atoms with E-state index in [1.807, 2.05) is 24.3 Å². The minimum absolute atomic E-state index is 0.0729. The fourth-order valence-corrected chi connectivity index (χ4v) is 3.11. The largest absolute Gasteiger partial charge is 0.381 e. The molecule has 1 aromatic rings. The highest BCUT2D eigenvalue weighted by Gasteiger charge is 2.15. The van der Waals surface area contributed by atoms with Crippen LogP contribution in [0.2, 0.25) is 0 Å². The van der Waals surface area contributed by atoms with Gasteiger partial charge in [0.25, 0.3) is 5.91 Å². The maximum Gasteiger partial charge on any atom is 0.251 e. The summed E-state index contributed by atoms with van der Waals surface area (Å²) >= 11 is 0. The third-order valence-electron chi connectivity index (χ3n) is 4.74. The molecule has 1 amide bonds. The fraction of sp³-hybridized carbons (Fsp3) is 0.600. The number of guanidine groups is 1. The van der Waals surface area contributed by atoms with Crippen LogP contribution in [0.25, 0.3) is 0 Å². The molecule has 26 heavy (non-hydrogen) atoms. The molecule has 1 heterocycles. The van der Waals surface area contributed by atoms with Crippen LogP contribution < -0.4 is 10.6 Å². The zero-order chi connectivity index (χ0) is 18.8. The van der Waals surface area contributed by atoms with Crippen LogP contribution in [0.5, 0.6) is 0 Å². The maximum absolute atomic E-state index is 11.8. The molecule has 6 nitrogen and oxygen atoms in total. The minimum atomic E-state index is -0.0729. The average Bonchev–Trinajstić information content (AvgIpc) is 2.69. The number of hydrogen-bond acceptors (Lipinski definition) is 3. The Hall–Kier alpha value is -2.08. The molecule has 0 bridgehead atoms. The van der Waals surface area contributed by atoms with Crippen LogP contribution in [0.4, 0.5) is 0 Å². The lowest BCUT2D eigenvalue weighted by molar-refractivity contribution is 0.0625. The molecule has 0 unspecified atom stereocenters. The number of carbonyl (C=O) groups is 1. The van der Waals surface area contributed by atoms with Crippen molar-refractivity contribution in [3.8, 4) is 0 Å². The smallest absolute Gasteiger partial charge is 0.251 e. The Bertz CT molecular complexity index is 597. The number of rotatable bonds is 7. The van der Waals surface area contributed by atoms with E-state index in [0.717, 1.165) is 63.0 Å². The monoisotopic (exact) mass is 360 g/mol. The molecule has 0 aromatic heterocycles. The minimum Gasteiger partial charge on any atom is -0.381 e. The summed E-state index contributed by atoms with van der Waals surface area (Å²) in [4.78, 5) is 18.7. The predicted octanol–water partition coefficient (Wildman–Crippen LogP) is 2.26. The SMILES string of the molecule is CCNC(=NCc1cccc(C(=O)NC)c1)N(C)CCC1CCOCC1. The summed E-state index contributed by atoms with van der Waals surface area (Å²) in [6.45, 7) is 6.23. The first-order valence-corrected chi connectivity index (χ1v) is 9.52. The summed E-state index contributed by atoms with van der Waals surface area (Å²) in [6, 6.07) is 7.62. The molecule has 1 aliphatic heterocycles. The first kappa shape index (κ1) is 20.2. The molecule has 0 aliphatic carbocycles. The van der Waals surface area contributed by atoms with Gasteiger partial charge in [0.15, 0.2) is 5.96 Å². The summed E-state index contributed by atoms with van der Waals surface area (Å²) < 4.78 is 5.44. The van der Waals surface area contributed by atoms with E-state index in [1.165, 1.54) is 0 Å². The summed E-state index contributed by atoms with van der Waals surface area (Å²) in [5.74, 6) is 1.58. The van der Waals surface area contributed by atoms with Crippen molar-refractivity contribution in [2.75, 3.05) is 40.4 Å². The van der Waals surface area contributed by atoms with Crippen molar-refractivity contribution in [1.82, 2.24) is 15.5 Å². The highest BCUT2D eigenvalue weighted by molar-refractivity contribution is 5.94. The Balaban J connectivity index is 1.95. The Labute approximate surface area is 157 Å². The molecule has 6 heteroatoms. The second-order valence-electron chi connectivity index (χ2n) is 6.72. The van der Waals surface area contributed by atoms with Gasteiger partial charge in [-0.2, -0.15) is 0 Å². The van der Waals surface area contributed by atoms with Gasteiger partial charge in [-0.3, -0.25) is 4.79 Å². The van der Waals surface area contributed by atoms with E-state index < -0.39 is 0 Å². The third-order valence-corrected chi connectivity index (χ3v) is 4.74.